The van der Waals surface area contributed by atoms with E-state index in [0.717, 1.165) is 24.1 Å². The van der Waals surface area contributed by atoms with Gasteiger partial charge in [0.15, 0.2) is 5.76 Å². The number of nitrogen functional groups attached to an aromatic ring is 1. The maximum atomic E-state index is 12.8. The van der Waals surface area contributed by atoms with E-state index in [1.54, 1.807) is 11.0 Å². The molecular weight excluding hydrogens is 358 g/mol. The molecule has 9 nitrogen and oxygen atoms in total. The van der Waals surface area contributed by atoms with Gasteiger partial charge < -0.3 is 20.0 Å². The van der Waals surface area contributed by atoms with Crippen LogP contribution in [-0.4, -0.2) is 70.9 Å². The molecule has 28 heavy (non-hydrogen) atoms. The van der Waals surface area contributed by atoms with E-state index < -0.39 is 0 Å². The molecule has 1 aliphatic rings. The quantitative estimate of drug-likeness (QED) is 0.719. The molecule has 0 radical (unpaired) electrons. The van der Waals surface area contributed by atoms with Gasteiger partial charge in [-0.05, 0) is 12.1 Å². The lowest BCUT2D eigenvalue weighted by atomic mass is 10.2. The second kappa shape index (κ2) is 7.43. The topological polar surface area (TPSA) is 105 Å². The average Bonchev–Trinajstić information content (AvgIpc) is 3.12. The van der Waals surface area contributed by atoms with Crippen molar-refractivity contribution in [1.29, 1.82) is 0 Å². The van der Waals surface area contributed by atoms with Gasteiger partial charge in [0.1, 0.15) is 11.4 Å². The summed E-state index contributed by atoms with van der Waals surface area (Å²) >= 11 is 0. The van der Waals surface area contributed by atoms with Crippen LogP contribution in [-0.2, 0) is 6.54 Å². The molecule has 2 aromatic heterocycles. The summed E-state index contributed by atoms with van der Waals surface area (Å²) in [7, 11) is 3.72. The average molecular weight is 381 g/mol. The first kappa shape index (κ1) is 18.2. The zero-order valence-electron chi connectivity index (χ0n) is 16.0. The largest absolute Gasteiger partial charge is 0.451 e. The lowest BCUT2D eigenvalue weighted by molar-refractivity contribution is 0.0597. The summed E-state index contributed by atoms with van der Waals surface area (Å²) in [6, 6.07) is 9.44. The number of benzene rings is 1. The summed E-state index contributed by atoms with van der Waals surface area (Å²) in [6.07, 6.45) is 0. The number of furan rings is 1. The normalized spacial score (nSPS) is 15.1. The molecule has 1 aliphatic heterocycles. The Labute approximate surface area is 162 Å². The van der Waals surface area contributed by atoms with Crippen molar-refractivity contribution in [3.63, 3.8) is 0 Å². The van der Waals surface area contributed by atoms with Crippen LogP contribution in [0.2, 0.25) is 0 Å². The van der Waals surface area contributed by atoms with E-state index in [1.807, 2.05) is 43.3 Å². The molecular formula is C19H23N7O2. The number of carbonyl (C=O) groups excluding carboxylic acids is 1. The van der Waals surface area contributed by atoms with Gasteiger partial charge in [-0.2, -0.15) is 15.0 Å². The van der Waals surface area contributed by atoms with E-state index in [9.17, 15) is 4.79 Å². The van der Waals surface area contributed by atoms with E-state index in [-0.39, 0.29) is 11.9 Å². The molecule has 0 bridgehead atoms. The number of fused-ring (bicyclic) bond motifs is 1. The Bertz CT molecular complexity index is 960. The van der Waals surface area contributed by atoms with Crippen LogP contribution in [0.25, 0.3) is 11.0 Å². The minimum Gasteiger partial charge on any atom is -0.451 e. The number of hydrogen-bond donors (Lipinski definition) is 1. The first-order valence-corrected chi connectivity index (χ1v) is 9.17. The van der Waals surface area contributed by atoms with Crippen LogP contribution >= 0.6 is 0 Å². The monoisotopic (exact) mass is 381 g/mol. The molecule has 2 N–H and O–H groups in total. The summed E-state index contributed by atoms with van der Waals surface area (Å²) in [5, 5.41) is 0.939. The standard InChI is InChI=1S/C19H23N7O2/c1-24(2)19-22-16(21-18(20)23-19)12-25-7-9-26(10-8-25)17(27)15-11-13-5-3-4-6-14(13)28-15/h3-6,11H,7-10,12H2,1-2H3,(H2,20,21,22,23). The van der Waals surface area contributed by atoms with Gasteiger partial charge in [-0.3, -0.25) is 9.69 Å². The molecule has 4 rings (SSSR count). The van der Waals surface area contributed by atoms with Crippen molar-refractivity contribution in [2.45, 2.75) is 6.54 Å². The third kappa shape index (κ3) is 3.74. The molecule has 9 heteroatoms. The zero-order chi connectivity index (χ0) is 19.7. The predicted octanol–water partition coefficient (Wildman–Crippen LogP) is 1.22. The van der Waals surface area contributed by atoms with Crippen molar-refractivity contribution in [1.82, 2.24) is 24.8 Å². The van der Waals surface area contributed by atoms with Gasteiger partial charge in [0.05, 0.1) is 6.54 Å². The molecule has 146 valence electrons. The number of piperazine rings is 1. The minimum absolute atomic E-state index is 0.0739. The maximum absolute atomic E-state index is 12.8. The van der Waals surface area contributed by atoms with Crippen LogP contribution < -0.4 is 10.6 Å². The van der Waals surface area contributed by atoms with Crippen LogP contribution in [0.5, 0.6) is 0 Å². The van der Waals surface area contributed by atoms with E-state index in [4.69, 9.17) is 10.2 Å². The van der Waals surface area contributed by atoms with Crippen LogP contribution in [0.1, 0.15) is 16.4 Å². The van der Waals surface area contributed by atoms with Crippen molar-refractivity contribution >= 4 is 28.8 Å². The van der Waals surface area contributed by atoms with E-state index in [1.165, 1.54) is 0 Å². The van der Waals surface area contributed by atoms with E-state index in [2.05, 4.69) is 19.9 Å². The SMILES string of the molecule is CN(C)c1nc(N)nc(CN2CCN(C(=O)c3cc4ccccc4o3)CC2)n1. The Morgan fingerprint density at radius 3 is 2.61 bits per heavy atom. The first-order chi connectivity index (χ1) is 13.5. The summed E-state index contributed by atoms with van der Waals surface area (Å²) in [4.78, 5) is 31.4. The van der Waals surface area contributed by atoms with E-state index >= 15 is 0 Å². The van der Waals surface area contributed by atoms with Crippen LogP contribution in [0.3, 0.4) is 0 Å². The number of rotatable bonds is 4. The first-order valence-electron chi connectivity index (χ1n) is 9.17. The van der Waals surface area contributed by atoms with Crippen LogP contribution in [0, 0.1) is 0 Å². The molecule has 1 aromatic carbocycles. The Morgan fingerprint density at radius 1 is 1.14 bits per heavy atom. The molecule has 1 fully saturated rings. The fourth-order valence-electron chi connectivity index (χ4n) is 3.25. The van der Waals surface area contributed by atoms with Crippen molar-refractivity contribution in [2.24, 2.45) is 0 Å². The smallest absolute Gasteiger partial charge is 0.289 e. The van der Waals surface area contributed by atoms with Gasteiger partial charge in [-0.1, -0.05) is 18.2 Å². The van der Waals surface area contributed by atoms with Gasteiger partial charge in [0.2, 0.25) is 11.9 Å². The molecule has 0 saturated carbocycles. The van der Waals surface area contributed by atoms with Crippen molar-refractivity contribution < 1.29 is 9.21 Å². The van der Waals surface area contributed by atoms with Crippen LogP contribution in [0.4, 0.5) is 11.9 Å². The number of para-hydroxylation sites is 1. The molecule has 0 spiro atoms. The van der Waals surface area contributed by atoms with Crippen molar-refractivity contribution in [3.8, 4) is 0 Å². The Kier molecular flexibility index (Phi) is 4.82. The van der Waals surface area contributed by atoms with Gasteiger partial charge in [0.25, 0.3) is 5.91 Å². The van der Waals surface area contributed by atoms with Gasteiger partial charge in [-0.15, -0.1) is 0 Å². The highest BCUT2D eigenvalue weighted by molar-refractivity contribution is 5.96. The summed E-state index contributed by atoms with van der Waals surface area (Å²) < 4.78 is 5.70. The number of nitrogens with zero attached hydrogens (tertiary/aromatic N) is 6. The number of anilines is 2. The third-order valence-corrected chi connectivity index (χ3v) is 4.75. The number of carbonyl (C=O) groups is 1. The molecule has 1 amide bonds. The lowest BCUT2D eigenvalue weighted by Gasteiger charge is -2.33. The Morgan fingerprint density at radius 2 is 1.89 bits per heavy atom. The summed E-state index contributed by atoms with van der Waals surface area (Å²) in [5.41, 5.74) is 6.52. The molecule has 0 unspecified atom stereocenters. The minimum atomic E-state index is -0.0739. The maximum Gasteiger partial charge on any atom is 0.289 e. The van der Waals surface area contributed by atoms with Gasteiger partial charge in [-0.25, -0.2) is 0 Å². The molecule has 3 aromatic rings. The lowest BCUT2D eigenvalue weighted by Crippen LogP contribution is -2.48. The highest BCUT2D eigenvalue weighted by Gasteiger charge is 2.25. The zero-order valence-corrected chi connectivity index (χ0v) is 16.0. The van der Waals surface area contributed by atoms with Gasteiger partial charge >= 0.3 is 0 Å². The summed E-state index contributed by atoms with van der Waals surface area (Å²) in [6.45, 7) is 3.28. The molecule has 3 heterocycles. The fourth-order valence-corrected chi connectivity index (χ4v) is 3.25. The van der Waals surface area contributed by atoms with E-state index in [0.29, 0.717) is 37.2 Å². The van der Waals surface area contributed by atoms with Crippen molar-refractivity contribution in [2.75, 3.05) is 50.9 Å². The summed E-state index contributed by atoms with van der Waals surface area (Å²) in [5.74, 6) is 1.70. The van der Waals surface area contributed by atoms with Crippen LogP contribution in [0.15, 0.2) is 34.7 Å². The predicted molar refractivity (Wildman–Crippen MR) is 106 cm³/mol. The van der Waals surface area contributed by atoms with Gasteiger partial charge in [0, 0.05) is 45.7 Å². The fraction of sp³-hybridized carbons (Fsp3) is 0.368. The van der Waals surface area contributed by atoms with Crippen molar-refractivity contribution in [3.05, 3.63) is 41.9 Å². The number of amides is 1. The molecule has 0 atom stereocenters. The second-order valence-electron chi connectivity index (χ2n) is 7.02. The number of aromatic nitrogens is 3. The highest BCUT2D eigenvalue weighted by atomic mass is 16.3. The third-order valence-electron chi connectivity index (χ3n) is 4.75. The Hall–Kier alpha value is -3.20. The highest BCUT2D eigenvalue weighted by Crippen LogP contribution is 2.21. The Balaban J connectivity index is 1.38. The molecule has 1 saturated heterocycles. The number of nitrogens with two attached hydrogens (primary N) is 1. The molecule has 0 aliphatic carbocycles. The number of hydrogen-bond acceptors (Lipinski definition) is 8. The second-order valence-corrected chi connectivity index (χ2v) is 7.02.